The standard InChI is InChI=1S/C17H24N2O4/c1-17(2,3)23-16(22)19-10-6-7-12(11-19)15(21)18-13-8-4-5-9-14(13)20/h4-5,8-9,12,20H,6-7,10-11H2,1-3H3,(H,18,21)/t12-/m0/s1. The highest BCUT2D eigenvalue weighted by molar-refractivity contribution is 5.94. The average molecular weight is 320 g/mol. The quantitative estimate of drug-likeness (QED) is 0.821. The number of aromatic hydroxyl groups is 1. The Balaban J connectivity index is 1.96. The van der Waals surface area contributed by atoms with Crippen LogP contribution in [0, 0.1) is 5.92 Å². The molecule has 1 atom stereocenters. The fourth-order valence-electron chi connectivity index (χ4n) is 2.50. The predicted molar refractivity (Wildman–Crippen MR) is 87.3 cm³/mol. The van der Waals surface area contributed by atoms with Gasteiger partial charge in [-0.2, -0.15) is 0 Å². The Bertz CT molecular complexity index is 580. The van der Waals surface area contributed by atoms with Crippen molar-refractivity contribution in [3.8, 4) is 5.75 Å². The van der Waals surface area contributed by atoms with Crippen molar-refractivity contribution in [2.24, 2.45) is 5.92 Å². The molecule has 0 unspecified atom stereocenters. The van der Waals surface area contributed by atoms with E-state index in [0.29, 0.717) is 25.2 Å². The Kier molecular flexibility index (Phi) is 5.13. The van der Waals surface area contributed by atoms with Crippen LogP contribution in [0.1, 0.15) is 33.6 Å². The van der Waals surface area contributed by atoms with E-state index in [1.54, 1.807) is 23.1 Å². The number of rotatable bonds is 2. The van der Waals surface area contributed by atoms with Crippen LogP contribution in [0.2, 0.25) is 0 Å². The van der Waals surface area contributed by atoms with Crippen LogP contribution < -0.4 is 5.32 Å². The molecule has 0 aromatic heterocycles. The fraction of sp³-hybridized carbons (Fsp3) is 0.529. The molecule has 2 N–H and O–H groups in total. The number of ether oxygens (including phenoxy) is 1. The van der Waals surface area contributed by atoms with Crippen LogP contribution in [0.25, 0.3) is 0 Å². The Labute approximate surface area is 136 Å². The summed E-state index contributed by atoms with van der Waals surface area (Å²) in [6.07, 6.45) is 1.06. The lowest BCUT2D eigenvalue weighted by Crippen LogP contribution is -2.45. The summed E-state index contributed by atoms with van der Waals surface area (Å²) in [5.41, 5.74) is -0.172. The van der Waals surface area contributed by atoms with Crippen molar-refractivity contribution in [2.45, 2.75) is 39.2 Å². The molecule has 1 aromatic rings. The molecule has 1 fully saturated rings. The van der Waals surface area contributed by atoms with Gasteiger partial charge in [0.15, 0.2) is 0 Å². The maximum Gasteiger partial charge on any atom is 0.410 e. The molecule has 0 spiro atoms. The normalized spacial score (nSPS) is 18.4. The lowest BCUT2D eigenvalue weighted by atomic mass is 9.97. The second-order valence-corrected chi connectivity index (χ2v) is 6.77. The third-order valence-corrected chi connectivity index (χ3v) is 3.61. The summed E-state index contributed by atoms with van der Waals surface area (Å²) in [7, 11) is 0. The van der Waals surface area contributed by atoms with Gasteiger partial charge in [-0.1, -0.05) is 12.1 Å². The van der Waals surface area contributed by atoms with Crippen molar-refractivity contribution >= 4 is 17.7 Å². The first-order chi connectivity index (χ1) is 10.8. The number of hydrogen-bond acceptors (Lipinski definition) is 4. The number of anilines is 1. The van der Waals surface area contributed by atoms with E-state index < -0.39 is 11.7 Å². The minimum Gasteiger partial charge on any atom is -0.506 e. The largest absolute Gasteiger partial charge is 0.506 e. The molecule has 6 nitrogen and oxygen atoms in total. The average Bonchev–Trinajstić information content (AvgIpc) is 2.48. The van der Waals surface area contributed by atoms with Crippen molar-refractivity contribution in [1.82, 2.24) is 4.90 Å². The number of likely N-dealkylation sites (tertiary alicyclic amines) is 1. The van der Waals surface area contributed by atoms with Gasteiger partial charge in [0, 0.05) is 13.1 Å². The number of benzene rings is 1. The van der Waals surface area contributed by atoms with E-state index in [1.807, 2.05) is 20.8 Å². The lowest BCUT2D eigenvalue weighted by Gasteiger charge is -2.33. The van der Waals surface area contributed by atoms with Gasteiger partial charge >= 0.3 is 6.09 Å². The molecule has 0 saturated carbocycles. The summed E-state index contributed by atoms with van der Waals surface area (Å²) >= 11 is 0. The second kappa shape index (κ2) is 6.89. The van der Waals surface area contributed by atoms with Gasteiger partial charge in [0.1, 0.15) is 11.4 Å². The molecule has 1 aliphatic heterocycles. The van der Waals surface area contributed by atoms with Crippen molar-refractivity contribution in [1.29, 1.82) is 0 Å². The van der Waals surface area contributed by atoms with E-state index in [2.05, 4.69) is 5.32 Å². The summed E-state index contributed by atoms with van der Waals surface area (Å²) < 4.78 is 5.36. The molecule has 23 heavy (non-hydrogen) atoms. The molecule has 0 radical (unpaired) electrons. The minimum absolute atomic E-state index is 0.0284. The van der Waals surface area contributed by atoms with Gasteiger partial charge in [-0.25, -0.2) is 4.79 Å². The van der Waals surface area contributed by atoms with Gasteiger partial charge in [-0.3, -0.25) is 4.79 Å². The molecule has 2 amide bonds. The van der Waals surface area contributed by atoms with Crippen LogP contribution in [0.5, 0.6) is 5.75 Å². The third kappa shape index (κ3) is 4.87. The number of piperidine rings is 1. The van der Waals surface area contributed by atoms with Crippen molar-refractivity contribution in [2.75, 3.05) is 18.4 Å². The first kappa shape index (κ1) is 17.1. The molecule has 2 rings (SSSR count). The van der Waals surface area contributed by atoms with Crippen molar-refractivity contribution < 1.29 is 19.4 Å². The topological polar surface area (TPSA) is 78.9 Å². The summed E-state index contributed by atoms with van der Waals surface area (Å²) in [5, 5.41) is 12.4. The number of amides is 2. The van der Waals surface area contributed by atoms with Crippen LogP contribution in [0.15, 0.2) is 24.3 Å². The number of para-hydroxylation sites is 2. The number of phenols is 1. The summed E-state index contributed by atoms with van der Waals surface area (Å²) in [4.78, 5) is 26.1. The summed E-state index contributed by atoms with van der Waals surface area (Å²) in [6, 6.07) is 6.59. The molecular formula is C17H24N2O4. The number of carbonyl (C=O) groups is 2. The molecule has 1 saturated heterocycles. The molecule has 1 aromatic carbocycles. The van der Waals surface area contributed by atoms with E-state index >= 15 is 0 Å². The van der Waals surface area contributed by atoms with Gasteiger partial charge < -0.3 is 20.1 Å². The van der Waals surface area contributed by atoms with E-state index in [9.17, 15) is 14.7 Å². The first-order valence-electron chi connectivity index (χ1n) is 7.83. The van der Waals surface area contributed by atoms with E-state index in [4.69, 9.17) is 4.74 Å². The van der Waals surface area contributed by atoms with Crippen LogP contribution in [0.4, 0.5) is 10.5 Å². The smallest absolute Gasteiger partial charge is 0.410 e. The van der Waals surface area contributed by atoms with Gasteiger partial charge in [-0.05, 0) is 45.7 Å². The SMILES string of the molecule is CC(C)(C)OC(=O)N1CCC[C@H](C(=O)Nc2ccccc2O)C1. The Morgan fingerprint density at radius 1 is 1.30 bits per heavy atom. The molecular weight excluding hydrogens is 296 g/mol. The number of nitrogens with zero attached hydrogens (tertiary/aromatic N) is 1. The number of nitrogens with one attached hydrogen (secondary N) is 1. The predicted octanol–water partition coefficient (Wildman–Crippen LogP) is 2.98. The highest BCUT2D eigenvalue weighted by Gasteiger charge is 2.31. The molecule has 0 aliphatic carbocycles. The highest BCUT2D eigenvalue weighted by atomic mass is 16.6. The highest BCUT2D eigenvalue weighted by Crippen LogP contribution is 2.25. The zero-order valence-corrected chi connectivity index (χ0v) is 13.8. The first-order valence-corrected chi connectivity index (χ1v) is 7.83. The molecule has 0 bridgehead atoms. The summed E-state index contributed by atoms with van der Waals surface area (Å²) in [5.74, 6) is -0.476. The second-order valence-electron chi connectivity index (χ2n) is 6.77. The monoisotopic (exact) mass is 320 g/mol. The van der Waals surface area contributed by atoms with Crippen LogP contribution >= 0.6 is 0 Å². The Hall–Kier alpha value is -2.24. The summed E-state index contributed by atoms with van der Waals surface area (Å²) in [6.45, 7) is 6.37. The van der Waals surface area contributed by atoms with Gasteiger partial charge in [0.25, 0.3) is 0 Å². The van der Waals surface area contributed by atoms with Gasteiger partial charge in [0.05, 0.1) is 11.6 Å². The van der Waals surface area contributed by atoms with Gasteiger partial charge in [-0.15, -0.1) is 0 Å². The van der Waals surface area contributed by atoms with E-state index in [-0.39, 0.29) is 17.6 Å². The van der Waals surface area contributed by atoms with Crippen molar-refractivity contribution in [3.63, 3.8) is 0 Å². The van der Waals surface area contributed by atoms with E-state index in [0.717, 1.165) is 6.42 Å². The maximum absolute atomic E-state index is 12.4. The fourth-order valence-corrected chi connectivity index (χ4v) is 2.50. The molecule has 1 aliphatic rings. The minimum atomic E-state index is -0.553. The molecule has 6 heteroatoms. The third-order valence-electron chi connectivity index (χ3n) is 3.61. The Morgan fingerprint density at radius 3 is 2.65 bits per heavy atom. The maximum atomic E-state index is 12.4. The number of hydrogen-bond donors (Lipinski definition) is 2. The number of carbonyl (C=O) groups excluding carboxylic acids is 2. The Morgan fingerprint density at radius 2 is 2.00 bits per heavy atom. The zero-order valence-electron chi connectivity index (χ0n) is 13.8. The molecule has 1 heterocycles. The van der Waals surface area contributed by atoms with Crippen LogP contribution in [0.3, 0.4) is 0 Å². The van der Waals surface area contributed by atoms with Gasteiger partial charge in [0.2, 0.25) is 5.91 Å². The molecule has 126 valence electrons. The van der Waals surface area contributed by atoms with Crippen LogP contribution in [-0.2, 0) is 9.53 Å². The lowest BCUT2D eigenvalue weighted by molar-refractivity contribution is -0.121. The van der Waals surface area contributed by atoms with E-state index in [1.165, 1.54) is 6.07 Å². The van der Waals surface area contributed by atoms with Crippen molar-refractivity contribution in [3.05, 3.63) is 24.3 Å². The van der Waals surface area contributed by atoms with Crippen LogP contribution in [-0.4, -0.2) is 40.7 Å². The number of phenolic OH excluding ortho intramolecular Hbond substituents is 1. The zero-order chi connectivity index (χ0) is 17.0.